The van der Waals surface area contributed by atoms with Crippen LogP contribution in [0.15, 0.2) is 30.5 Å². The predicted octanol–water partition coefficient (Wildman–Crippen LogP) is 2.08. The van der Waals surface area contributed by atoms with Gasteiger partial charge in [0.05, 0.1) is 28.8 Å². The van der Waals surface area contributed by atoms with Crippen LogP contribution in [0.3, 0.4) is 0 Å². The average molecular weight is 284 g/mol. The maximum atomic E-state index is 11.1. The minimum absolute atomic E-state index is 0.271. The molecule has 0 radical (unpaired) electrons. The average Bonchev–Trinajstić information content (AvgIpc) is 3.02. The Kier molecular flexibility index (Phi) is 3.21. The molecule has 3 rings (SSSR count). The summed E-state index contributed by atoms with van der Waals surface area (Å²) in [5, 5.41) is 13.5. The maximum Gasteiger partial charge on any atom is 0.335 e. The molecular weight excluding hydrogens is 268 g/mol. The van der Waals surface area contributed by atoms with E-state index in [1.165, 1.54) is 0 Å². The van der Waals surface area contributed by atoms with Crippen molar-refractivity contribution in [2.45, 2.75) is 19.9 Å². The Balaban J connectivity index is 2.13. The van der Waals surface area contributed by atoms with Crippen LogP contribution >= 0.6 is 0 Å². The molecule has 108 valence electrons. The Morgan fingerprint density at radius 1 is 1.33 bits per heavy atom. The minimum atomic E-state index is -0.930. The fraction of sp³-hybridized carbons (Fsp3) is 0.267. The minimum Gasteiger partial charge on any atom is -0.478 e. The molecule has 2 heterocycles. The first-order valence-corrected chi connectivity index (χ1v) is 6.79. The molecule has 0 unspecified atom stereocenters. The number of aromatic nitrogens is 4. The molecule has 0 aliphatic heterocycles. The van der Waals surface area contributed by atoms with E-state index in [-0.39, 0.29) is 5.56 Å². The van der Waals surface area contributed by atoms with Crippen LogP contribution in [-0.4, -0.2) is 30.4 Å². The van der Waals surface area contributed by atoms with E-state index in [1.54, 1.807) is 22.9 Å². The molecule has 0 atom stereocenters. The highest BCUT2D eigenvalue weighted by Gasteiger charge is 2.13. The number of benzene rings is 1. The zero-order chi connectivity index (χ0) is 15.0. The summed E-state index contributed by atoms with van der Waals surface area (Å²) in [6.07, 6.45) is 2.67. The zero-order valence-electron chi connectivity index (χ0n) is 11.9. The summed E-state index contributed by atoms with van der Waals surface area (Å²) < 4.78 is 3.78. The molecule has 0 aliphatic rings. The molecule has 0 aliphatic carbocycles. The number of nitrogens with zero attached hydrogens (tertiary/aromatic N) is 4. The fourth-order valence-corrected chi connectivity index (χ4v) is 2.46. The summed E-state index contributed by atoms with van der Waals surface area (Å²) in [7, 11) is 1.87. The van der Waals surface area contributed by atoms with Crippen molar-refractivity contribution in [1.82, 2.24) is 19.3 Å². The molecule has 0 bridgehead atoms. The fourth-order valence-electron chi connectivity index (χ4n) is 2.46. The van der Waals surface area contributed by atoms with Crippen molar-refractivity contribution < 1.29 is 9.90 Å². The van der Waals surface area contributed by atoms with E-state index in [0.717, 1.165) is 29.0 Å². The molecule has 6 nitrogen and oxygen atoms in total. The molecule has 2 aromatic heterocycles. The van der Waals surface area contributed by atoms with E-state index in [2.05, 4.69) is 10.1 Å². The third-order valence-electron chi connectivity index (χ3n) is 3.48. The van der Waals surface area contributed by atoms with Gasteiger partial charge in [0.25, 0.3) is 0 Å². The highest BCUT2D eigenvalue weighted by Crippen LogP contribution is 2.20. The molecule has 0 spiro atoms. The largest absolute Gasteiger partial charge is 0.478 e. The molecule has 0 fully saturated rings. The number of fused-ring (bicyclic) bond motifs is 1. The lowest BCUT2D eigenvalue weighted by atomic mass is 10.2. The number of aromatic carboxylic acids is 1. The van der Waals surface area contributed by atoms with Gasteiger partial charge in [0, 0.05) is 19.7 Å². The van der Waals surface area contributed by atoms with Gasteiger partial charge in [-0.15, -0.1) is 0 Å². The molecule has 1 aromatic carbocycles. The lowest BCUT2D eigenvalue weighted by molar-refractivity contribution is 0.0697. The van der Waals surface area contributed by atoms with Crippen LogP contribution in [0.25, 0.3) is 11.0 Å². The third-order valence-corrected chi connectivity index (χ3v) is 3.48. The smallest absolute Gasteiger partial charge is 0.335 e. The standard InChI is InChI=1S/C15H16N4O2/c1-3-14-16-12-5-4-10(15(20)21)8-13(12)19(14)9-11-6-7-18(2)17-11/h4-8H,3,9H2,1-2H3,(H,20,21). The van der Waals surface area contributed by atoms with Crippen LogP contribution in [0, 0.1) is 0 Å². The molecule has 6 heteroatoms. The number of rotatable bonds is 4. The topological polar surface area (TPSA) is 72.9 Å². The van der Waals surface area contributed by atoms with Gasteiger partial charge in [0.2, 0.25) is 0 Å². The van der Waals surface area contributed by atoms with Crippen molar-refractivity contribution in [1.29, 1.82) is 0 Å². The Labute approximate surface area is 121 Å². The number of imidazole rings is 1. The first-order valence-electron chi connectivity index (χ1n) is 6.79. The van der Waals surface area contributed by atoms with Crippen LogP contribution in [0.5, 0.6) is 0 Å². The van der Waals surface area contributed by atoms with E-state index in [9.17, 15) is 4.79 Å². The van der Waals surface area contributed by atoms with Crippen LogP contribution in [-0.2, 0) is 20.0 Å². The zero-order valence-corrected chi connectivity index (χ0v) is 11.9. The van der Waals surface area contributed by atoms with Crippen molar-refractivity contribution in [3.05, 3.63) is 47.5 Å². The second kappa shape index (κ2) is 5.05. The Morgan fingerprint density at radius 3 is 2.76 bits per heavy atom. The summed E-state index contributed by atoms with van der Waals surface area (Å²) in [6.45, 7) is 2.62. The number of carbonyl (C=O) groups is 1. The van der Waals surface area contributed by atoms with E-state index in [1.807, 2.05) is 30.8 Å². The normalized spacial score (nSPS) is 11.1. The number of hydrogen-bond donors (Lipinski definition) is 1. The Hall–Kier alpha value is -2.63. The highest BCUT2D eigenvalue weighted by atomic mass is 16.4. The van der Waals surface area contributed by atoms with E-state index < -0.39 is 5.97 Å². The predicted molar refractivity (Wildman–Crippen MR) is 78.4 cm³/mol. The van der Waals surface area contributed by atoms with Gasteiger partial charge >= 0.3 is 5.97 Å². The first kappa shape index (κ1) is 13.4. The van der Waals surface area contributed by atoms with Gasteiger partial charge in [-0.05, 0) is 24.3 Å². The van der Waals surface area contributed by atoms with E-state index in [4.69, 9.17) is 5.11 Å². The van der Waals surface area contributed by atoms with Gasteiger partial charge in [-0.2, -0.15) is 5.10 Å². The van der Waals surface area contributed by atoms with Crippen molar-refractivity contribution in [3.8, 4) is 0 Å². The third kappa shape index (κ3) is 2.40. The van der Waals surface area contributed by atoms with Crippen molar-refractivity contribution in [2.75, 3.05) is 0 Å². The maximum absolute atomic E-state index is 11.1. The van der Waals surface area contributed by atoms with Crippen LogP contribution in [0.4, 0.5) is 0 Å². The number of carboxylic acid groups (broad SMARTS) is 1. The molecule has 3 aromatic rings. The van der Waals surface area contributed by atoms with Crippen molar-refractivity contribution in [2.24, 2.45) is 7.05 Å². The quantitative estimate of drug-likeness (QED) is 0.796. The SMILES string of the molecule is CCc1nc2ccc(C(=O)O)cc2n1Cc1ccn(C)n1. The first-order chi connectivity index (χ1) is 10.1. The highest BCUT2D eigenvalue weighted by molar-refractivity contribution is 5.92. The summed E-state index contributed by atoms with van der Waals surface area (Å²) in [5.41, 5.74) is 2.84. The van der Waals surface area contributed by atoms with Crippen LogP contribution in [0.2, 0.25) is 0 Å². The second-order valence-corrected chi connectivity index (χ2v) is 4.96. The van der Waals surface area contributed by atoms with Gasteiger partial charge in [-0.1, -0.05) is 6.92 Å². The van der Waals surface area contributed by atoms with Crippen LogP contribution < -0.4 is 0 Å². The van der Waals surface area contributed by atoms with Gasteiger partial charge in [-0.3, -0.25) is 4.68 Å². The van der Waals surface area contributed by atoms with Crippen molar-refractivity contribution >= 4 is 17.0 Å². The van der Waals surface area contributed by atoms with Gasteiger partial charge < -0.3 is 9.67 Å². The molecular formula is C15H16N4O2. The van der Waals surface area contributed by atoms with Gasteiger partial charge in [0.1, 0.15) is 5.82 Å². The number of hydrogen-bond acceptors (Lipinski definition) is 3. The summed E-state index contributed by atoms with van der Waals surface area (Å²) in [5.74, 6) is -0.00118. The van der Waals surface area contributed by atoms with Gasteiger partial charge in [-0.25, -0.2) is 9.78 Å². The van der Waals surface area contributed by atoms with E-state index >= 15 is 0 Å². The van der Waals surface area contributed by atoms with Gasteiger partial charge in [0.15, 0.2) is 0 Å². The monoisotopic (exact) mass is 284 g/mol. The second-order valence-electron chi connectivity index (χ2n) is 4.96. The lowest BCUT2D eigenvalue weighted by Crippen LogP contribution is -2.06. The molecule has 21 heavy (non-hydrogen) atoms. The Morgan fingerprint density at radius 2 is 2.14 bits per heavy atom. The summed E-state index contributed by atoms with van der Waals surface area (Å²) in [6, 6.07) is 6.97. The lowest BCUT2D eigenvalue weighted by Gasteiger charge is -2.06. The number of carboxylic acids is 1. The molecule has 0 saturated carbocycles. The van der Waals surface area contributed by atoms with Crippen molar-refractivity contribution in [3.63, 3.8) is 0 Å². The summed E-state index contributed by atoms with van der Waals surface area (Å²) >= 11 is 0. The summed E-state index contributed by atoms with van der Waals surface area (Å²) in [4.78, 5) is 15.7. The molecule has 1 N–H and O–H groups in total. The van der Waals surface area contributed by atoms with Crippen LogP contribution in [0.1, 0.15) is 28.8 Å². The molecule has 0 saturated heterocycles. The van der Waals surface area contributed by atoms with E-state index in [0.29, 0.717) is 6.54 Å². The number of aryl methyl sites for hydroxylation is 2. The Bertz CT molecular complexity index is 816. The molecule has 0 amide bonds.